The Morgan fingerprint density at radius 1 is 1.29 bits per heavy atom. The van der Waals surface area contributed by atoms with Gasteiger partial charge < -0.3 is 10.1 Å². The number of rotatable bonds is 3. The molecule has 1 saturated heterocycles. The first-order valence-corrected chi connectivity index (χ1v) is 5.49. The van der Waals surface area contributed by atoms with E-state index in [0.29, 0.717) is 0 Å². The first-order chi connectivity index (χ1) is 8.31. The quantitative estimate of drug-likeness (QED) is 0.870. The van der Waals surface area contributed by atoms with E-state index in [0.717, 1.165) is 24.5 Å². The topological polar surface area (TPSA) is 39.1 Å². The molecule has 4 nitrogen and oxygen atoms in total. The van der Waals surface area contributed by atoms with Gasteiger partial charge in [0.05, 0.1) is 18.1 Å². The zero-order chi connectivity index (χ0) is 11.7. The number of nitrogens with one attached hydrogen (secondary N) is 1. The summed E-state index contributed by atoms with van der Waals surface area (Å²) in [5, 5.41) is 7.31. The Morgan fingerprint density at radius 2 is 2.06 bits per heavy atom. The molecular weight excluding hydrogens is 221 g/mol. The van der Waals surface area contributed by atoms with Crippen molar-refractivity contribution in [3.05, 3.63) is 42.5 Å². The van der Waals surface area contributed by atoms with Crippen molar-refractivity contribution in [2.75, 3.05) is 13.1 Å². The molecule has 0 atom stereocenters. The molecule has 2 heterocycles. The maximum atomic E-state index is 12.8. The third-order valence-corrected chi connectivity index (χ3v) is 2.70. The lowest BCUT2D eigenvalue weighted by atomic mass is 10.2. The third kappa shape index (κ3) is 2.14. The molecular formula is C12H12FN3O. The van der Waals surface area contributed by atoms with Crippen LogP contribution in [0.25, 0.3) is 5.69 Å². The molecule has 17 heavy (non-hydrogen) atoms. The van der Waals surface area contributed by atoms with Crippen LogP contribution in [0.3, 0.4) is 0 Å². The number of hydrogen-bond acceptors (Lipinski definition) is 3. The fourth-order valence-corrected chi connectivity index (χ4v) is 1.64. The summed E-state index contributed by atoms with van der Waals surface area (Å²) < 4.78 is 20.1. The molecule has 5 heteroatoms. The highest BCUT2D eigenvalue weighted by Crippen LogP contribution is 2.16. The van der Waals surface area contributed by atoms with Gasteiger partial charge in [-0.15, -0.1) is 0 Å². The SMILES string of the molecule is Fc1ccc(-n2cc(OC3CNC3)cn2)cc1. The molecule has 0 amide bonds. The maximum Gasteiger partial charge on any atom is 0.158 e. The molecule has 3 rings (SSSR count). The zero-order valence-electron chi connectivity index (χ0n) is 9.14. The largest absolute Gasteiger partial charge is 0.484 e. The van der Waals surface area contributed by atoms with Gasteiger partial charge in [-0.2, -0.15) is 5.10 Å². The molecule has 1 aromatic carbocycles. The molecule has 1 aliphatic heterocycles. The molecule has 1 N–H and O–H groups in total. The van der Waals surface area contributed by atoms with Crippen LogP contribution in [-0.2, 0) is 0 Å². The van der Waals surface area contributed by atoms with Crippen LogP contribution in [0.1, 0.15) is 0 Å². The molecule has 0 spiro atoms. The fraction of sp³-hybridized carbons (Fsp3) is 0.250. The van der Waals surface area contributed by atoms with Crippen LogP contribution in [-0.4, -0.2) is 29.0 Å². The van der Waals surface area contributed by atoms with Crippen molar-refractivity contribution in [3.63, 3.8) is 0 Å². The molecule has 0 unspecified atom stereocenters. The van der Waals surface area contributed by atoms with E-state index in [-0.39, 0.29) is 11.9 Å². The summed E-state index contributed by atoms with van der Waals surface area (Å²) in [5.74, 6) is 0.485. The lowest BCUT2D eigenvalue weighted by molar-refractivity contribution is 0.142. The van der Waals surface area contributed by atoms with Gasteiger partial charge in [-0.25, -0.2) is 9.07 Å². The number of nitrogens with zero attached hydrogens (tertiary/aromatic N) is 2. The van der Waals surface area contributed by atoms with E-state index in [1.54, 1.807) is 29.2 Å². The van der Waals surface area contributed by atoms with Gasteiger partial charge in [0.2, 0.25) is 0 Å². The lowest BCUT2D eigenvalue weighted by Crippen LogP contribution is -2.50. The minimum atomic E-state index is -0.252. The van der Waals surface area contributed by atoms with Crippen molar-refractivity contribution >= 4 is 0 Å². The summed E-state index contributed by atoms with van der Waals surface area (Å²) in [6, 6.07) is 6.18. The van der Waals surface area contributed by atoms with Crippen molar-refractivity contribution in [1.82, 2.24) is 15.1 Å². The van der Waals surface area contributed by atoms with Crippen LogP contribution in [0, 0.1) is 5.82 Å². The number of hydrogen-bond donors (Lipinski definition) is 1. The Morgan fingerprint density at radius 3 is 2.71 bits per heavy atom. The second-order valence-corrected chi connectivity index (χ2v) is 4.00. The second kappa shape index (κ2) is 4.18. The Labute approximate surface area is 98.0 Å². The van der Waals surface area contributed by atoms with Crippen LogP contribution < -0.4 is 10.1 Å². The van der Waals surface area contributed by atoms with Gasteiger partial charge in [-0.05, 0) is 24.3 Å². The van der Waals surface area contributed by atoms with Crippen molar-refractivity contribution in [2.45, 2.75) is 6.10 Å². The molecule has 2 aromatic rings. The highest BCUT2D eigenvalue weighted by molar-refractivity contribution is 5.32. The van der Waals surface area contributed by atoms with Gasteiger partial charge in [0.1, 0.15) is 11.9 Å². The minimum absolute atomic E-state index is 0.237. The monoisotopic (exact) mass is 233 g/mol. The summed E-state index contributed by atoms with van der Waals surface area (Å²) in [7, 11) is 0. The predicted molar refractivity (Wildman–Crippen MR) is 60.8 cm³/mol. The second-order valence-electron chi connectivity index (χ2n) is 4.00. The summed E-state index contributed by atoms with van der Waals surface area (Å²) in [6.45, 7) is 1.75. The predicted octanol–water partition coefficient (Wildman–Crippen LogP) is 1.36. The average molecular weight is 233 g/mol. The summed E-state index contributed by atoms with van der Waals surface area (Å²) >= 11 is 0. The Balaban J connectivity index is 1.76. The van der Waals surface area contributed by atoms with Crippen LogP contribution in [0.4, 0.5) is 4.39 Å². The maximum absolute atomic E-state index is 12.8. The first kappa shape index (κ1) is 10.3. The van der Waals surface area contributed by atoms with E-state index in [2.05, 4.69) is 10.4 Å². The molecule has 1 fully saturated rings. The average Bonchev–Trinajstić information content (AvgIpc) is 2.73. The number of aromatic nitrogens is 2. The Kier molecular flexibility index (Phi) is 2.53. The smallest absolute Gasteiger partial charge is 0.158 e. The van der Waals surface area contributed by atoms with Gasteiger partial charge in [0.15, 0.2) is 5.75 Å². The number of benzene rings is 1. The van der Waals surface area contributed by atoms with Crippen LogP contribution in [0.2, 0.25) is 0 Å². The van der Waals surface area contributed by atoms with E-state index in [1.807, 2.05) is 0 Å². The van der Waals surface area contributed by atoms with Crippen molar-refractivity contribution in [3.8, 4) is 11.4 Å². The van der Waals surface area contributed by atoms with E-state index >= 15 is 0 Å². The van der Waals surface area contributed by atoms with Crippen molar-refractivity contribution < 1.29 is 9.13 Å². The van der Waals surface area contributed by atoms with Crippen LogP contribution in [0.5, 0.6) is 5.75 Å². The summed E-state index contributed by atoms with van der Waals surface area (Å²) in [6.07, 6.45) is 3.70. The highest BCUT2D eigenvalue weighted by atomic mass is 19.1. The molecule has 0 bridgehead atoms. The normalized spacial score (nSPS) is 15.6. The summed E-state index contributed by atoms with van der Waals surface area (Å²) in [4.78, 5) is 0. The number of halogens is 1. The lowest BCUT2D eigenvalue weighted by Gasteiger charge is -2.26. The zero-order valence-corrected chi connectivity index (χ0v) is 9.14. The van der Waals surface area contributed by atoms with Crippen LogP contribution >= 0.6 is 0 Å². The van der Waals surface area contributed by atoms with E-state index in [9.17, 15) is 4.39 Å². The molecule has 1 aromatic heterocycles. The van der Waals surface area contributed by atoms with Gasteiger partial charge in [0, 0.05) is 13.1 Å². The minimum Gasteiger partial charge on any atom is -0.484 e. The van der Waals surface area contributed by atoms with Gasteiger partial charge >= 0.3 is 0 Å². The number of ether oxygens (including phenoxy) is 1. The van der Waals surface area contributed by atoms with Crippen molar-refractivity contribution in [2.24, 2.45) is 0 Å². The van der Waals surface area contributed by atoms with E-state index < -0.39 is 0 Å². The third-order valence-electron chi connectivity index (χ3n) is 2.70. The Bertz CT molecular complexity index is 505. The van der Waals surface area contributed by atoms with E-state index in [1.165, 1.54) is 12.1 Å². The van der Waals surface area contributed by atoms with Gasteiger partial charge in [-0.3, -0.25) is 0 Å². The molecule has 0 radical (unpaired) electrons. The first-order valence-electron chi connectivity index (χ1n) is 5.49. The Hall–Kier alpha value is -1.88. The highest BCUT2D eigenvalue weighted by Gasteiger charge is 2.18. The molecule has 0 aliphatic carbocycles. The standard InChI is InChI=1S/C12H12FN3O/c13-9-1-3-10(4-2-9)16-8-12(7-15-16)17-11-5-14-6-11/h1-4,7-8,11,14H,5-6H2. The molecule has 88 valence electrons. The molecule has 1 aliphatic rings. The summed E-state index contributed by atoms with van der Waals surface area (Å²) in [5.41, 5.74) is 0.813. The van der Waals surface area contributed by atoms with Gasteiger partial charge in [0.25, 0.3) is 0 Å². The van der Waals surface area contributed by atoms with Crippen LogP contribution in [0.15, 0.2) is 36.7 Å². The van der Waals surface area contributed by atoms with Crippen molar-refractivity contribution in [1.29, 1.82) is 0 Å². The van der Waals surface area contributed by atoms with E-state index in [4.69, 9.17) is 4.74 Å². The fourth-order valence-electron chi connectivity index (χ4n) is 1.64. The molecule has 0 saturated carbocycles. The van der Waals surface area contributed by atoms with Gasteiger partial charge in [-0.1, -0.05) is 0 Å².